The summed E-state index contributed by atoms with van der Waals surface area (Å²) in [7, 11) is 0. The van der Waals surface area contributed by atoms with Crippen LogP contribution < -0.4 is 0 Å². The fraction of sp³-hybridized carbons (Fsp3) is 0.125. The van der Waals surface area contributed by atoms with Gasteiger partial charge in [-0.3, -0.25) is 4.79 Å². The second kappa shape index (κ2) is 9.86. The van der Waals surface area contributed by atoms with Gasteiger partial charge in [0.05, 0.1) is 0 Å². The summed E-state index contributed by atoms with van der Waals surface area (Å²) in [6.07, 6.45) is 7.34. The Bertz CT molecular complexity index is 137. The molecule has 0 aromatic rings. The average Bonchev–Trinajstić information content (AvgIpc) is 1.89. The third kappa shape index (κ3) is 50.9. The molecule has 0 unspecified atom stereocenters. The molecule has 0 N–H and O–H groups in total. The summed E-state index contributed by atoms with van der Waals surface area (Å²) in [5, 5.41) is 0. The summed E-state index contributed by atoms with van der Waals surface area (Å²) in [6.45, 7) is 7.92. The zero-order chi connectivity index (χ0) is 7.70. The van der Waals surface area contributed by atoms with Crippen molar-refractivity contribution in [2.45, 2.75) is 6.92 Å². The summed E-state index contributed by atoms with van der Waals surface area (Å²) in [5.74, 6) is 2.21. The van der Waals surface area contributed by atoms with Crippen LogP contribution in [0.15, 0.2) is 25.3 Å². The molecule has 0 aromatic heterocycles. The number of carbonyl (C=O) groups excluding carboxylic acids is 1. The molecule has 0 aliphatic heterocycles. The summed E-state index contributed by atoms with van der Waals surface area (Å²) < 4.78 is 0. The Labute approximate surface area is 56.1 Å². The summed E-state index contributed by atoms with van der Waals surface area (Å²) in [5.41, 5.74) is 0. The van der Waals surface area contributed by atoms with Gasteiger partial charge in [0.25, 0.3) is 0 Å². The first-order valence-corrected chi connectivity index (χ1v) is 2.39. The molecule has 0 bridgehead atoms. The van der Waals surface area contributed by atoms with E-state index in [0.29, 0.717) is 0 Å². The minimum Gasteiger partial charge on any atom is -0.295 e. The minimum absolute atomic E-state index is 0.0185. The lowest BCUT2D eigenvalue weighted by Gasteiger charge is -1.62. The topological polar surface area (TPSA) is 17.1 Å². The van der Waals surface area contributed by atoms with Crippen molar-refractivity contribution in [2.24, 2.45) is 0 Å². The molecule has 9 heavy (non-hydrogen) atoms. The van der Waals surface area contributed by atoms with E-state index in [-0.39, 0.29) is 5.78 Å². The highest BCUT2D eigenvalue weighted by Gasteiger charge is 1.69. The van der Waals surface area contributed by atoms with E-state index >= 15 is 0 Å². The van der Waals surface area contributed by atoms with Crippen LogP contribution in [0.5, 0.6) is 0 Å². The Morgan fingerprint density at radius 1 is 1.67 bits per heavy atom. The molecule has 1 nitrogen and oxygen atoms in total. The van der Waals surface area contributed by atoms with E-state index in [2.05, 4.69) is 25.5 Å². The van der Waals surface area contributed by atoms with Crippen LogP contribution in [0.4, 0.5) is 0 Å². The molecule has 0 saturated heterocycles. The van der Waals surface area contributed by atoms with Gasteiger partial charge in [0, 0.05) is 0 Å². The normalized spacial score (nSPS) is 5.33. The van der Waals surface area contributed by atoms with Gasteiger partial charge in [0.15, 0.2) is 5.78 Å². The monoisotopic (exact) mass is 122 g/mol. The van der Waals surface area contributed by atoms with Crippen molar-refractivity contribution in [3.63, 3.8) is 0 Å². The van der Waals surface area contributed by atoms with Gasteiger partial charge in [-0.2, -0.15) is 0 Å². The Morgan fingerprint density at radius 3 is 1.89 bits per heavy atom. The number of carbonyl (C=O) groups is 1. The number of allylic oxidation sites excluding steroid dienone is 2. The maximum Gasteiger partial charge on any atom is 0.152 e. The average molecular weight is 122 g/mol. The lowest BCUT2D eigenvalue weighted by Crippen LogP contribution is -1.74. The lowest BCUT2D eigenvalue weighted by molar-refractivity contribution is -0.112. The van der Waals surface area contributed by atoms with Crippen LogP contribution in [0.3, 0.4) is 0 Å². The van der Waals surface area contributed by atoms with E-state index in [1.54, 1.807) is 0 Å². The van der Waals surface area contributed by atoms with Crippen LogP contribution in [0, 0.1) is 12.3 Å². The molecule has 0 radical (unpaired) electrons. The van der Waals surface area contributed by atoms with Gasteiger partial charge in [-0.15, -0.1) is 6.42 Å². The second-order valence-corrected chi connectivity index (χ2v) is 1.19. The maximum absolute atomic E-state index is 9.69. The Hall–Kier alpha value is -1.29. The molecule has 0 amide bonds. The molecule has 0 heterocycles. The van der Waals surface area contributed by atoms with E-state index in [1.807, 2.05) is 0 Å². The predicted molar refractivity (Wildman–Crippen MR) is 39.9 cm³/mol. The van der Waals surface area contributed by atoms with Crippen molar-refractivity contribution < 1.29 is 4.79 Å². The molecular weight excluding hydrogens is 112 g/mol. The first-order chi connectivity index (χ1) is 4.18. The van der Waals surface area contributed by atoms with Crippen molar-refractivity contribution in [2.75, 3.05) is 0 Å². The molecule has 0 saturated carbocycles. The highest BCUT2D eigenvalue weighted by atomic mass is 16.1. The molecule has 0 aromatic carbocycles. The zero-order valence-corrected chi connectivity index (χ0v) is 5.55. The Morgan fingerprint density at radius 2 is 1.89 bits per heavy atom. The van der Waals surface area contributed by atoms with E-state index in [9.17, 15) is 4.79 Å². The fourth-order valence-corrected chi connectivity index (χ4v) is 0. The Balaban J connectivity index is 0. The van der Waals surface area contributed by atoms with Gasteiger partial charge in [-0.25, -0.2) is 0 Å². The third-order valence-electron chi connectivity index (χ3n) is 0.405. The molecule has 0 spiro atoms. The number of hydrogen-bond acceptors (Lipinski definition) is 1. The van der Waals surface area contributed by atoms with Gasteiger partial charge in [-0.05, 0) is 19.1 Å². The smallest absolute Gasteiger partial charge is 0.152 e. The van der Waals surface area contributed by atoms with Gasteiger partial charge in [0.1, 0.15) is 0 Å². The van der Waals surface area contributed by atoms with Crippen molar-refractivity contribution in [3.8, 4) is 12.3 Å². The number of hydrogen-bond donors (Lipinski definition) is 0. The quantitative estimate of drug-likeness (QED) is 0.381. The lowest BCUT2D eigenvalue weighted by atomic mass is 10.5. The third-order valence-corrected chi connectivity index (χ3v) is 0.405. The predicted octanol–water partition coefficient (Wildman–Crippen LogP) is 1.57. The SMILES string of the molecule is C#CC=C.C=CC(C)=O. The molecule has 0 aliphatic carbocycles. The van der Waals surface area contributed by atoms with Gasteiger partial charge >= 0.3 is 0 Å². The molecule has 0 rings (SSSR count). The van der Waals surface area contributed by atoms with Crippen molar-refractivity contribution >= 4 is 5.78 Å². The molecule has 0 fully saturated rings. The van der Waals surface area contributed by atoms with Crippen LogP contribution in [0.2, 0.25) is 0 Å². The largest absolute Gasteiger partial charge is 0.295 e. The van der Waals surface area contributed by atoms with Crippen LogP contribution in [-0.4, -0.2) is 5.78 Å². The fourth-order valence-electron chi connectivity index (χ4n) is 0. The van der Waals surface area contributed by atoms with Crippen LogP contribution in [0.25, 0.3) is 0 Å². The van der Waals surface area contributed by atoms with Crippen LogP contribution in [-0.2, 0) is 4.79 Å². The Kier molecular flexibility index (Phi) is 11.7. The molecular formula is C8H10O. The van der Waals surface area contributed by atoms with Gasteiger partial charge in [-0.1, -0.05) is 19.1 Å². The van der Waals surface area contributed by atoms with Gasteiger partial charge < -0.3 is 0 Å². The van der Waals surface area contributed by atoms with E-state index in [0.717, 1.165) is 0 Å². The first kappa shape index (κ1) is 10.6. The minimum atomic E-state index is 0.0185. The van der Waals surface area contributed by atoms with Crippen LogP contribution in [0.1, 0.15) is 6.92 Å². The van der Waals surface area contributed by atoms with E-state index in [4.69, 9.17) is 0 Å². The van der Waals surface area contributed by atoms with Crippen molar-refractivity contribution in [1.82, 2.24) is 0 Å². The van der Waals surface area contributed by atoms with E-state index in [1.165, 1.54) is 19.1 Å². The van der Waals surface area contributed by atoms with Crippen molar-refractivity contribution in [1.29, 1.82) is 0 Å². The number of rotatable bonds is 1. The zero-order valence-electron chi connectivity index (χ0n) is 5.55. The van der Waals surface area contributed by atoms with Crippen molar-refractivity contribution in [3.05, 3.63) is 25.3 Å². The molecule has 1 heteroatoms. The number of ketones is 1. The maximum atomic E-state index is 9.69. The number of terminal acetylenes is 1. The highest BCUT2D eigenvalue weighted by molar-refractivity contribution is 5.86. The highest BCUT2D eigenvalue weighted by Crippen LogP contribution is 1.60. The summed E-state index contributed by atoms with van der Waals surface area (Å²) in [6, 6.07) is 0. The molecule has 0 atom stereocenters. The van der Waals surface area contributed by atoms with E-state index < -0.39 is 0 Å². The second-order valence-electron chi connectivity index (χ2n) is 1.19. The molecule has 0 aliphatic rings. The summed E-state index contributed by atoms with van der Waals surface area (Å²) >= 11 is 0. The summed E-state index contributed by atoms with van der Waals surface area (Å²) in [4.78, 5) is 9.69. The first-order valence-electron chi connectivity index (χ1n) is 2.39. The van der Waals surface area contributed by atoms with Gasteiger partial charge in [0.2, 0.25) is 0 Å². The standard InChI is InChI=1S/C4H6O.C4H4/c1-3-4(2)5;1-3-4-2/h3H,1H2,2H3;1,4H,2H2. The van der Waals surface area contributed by atoms with Crippen LogP contribution >= 0.6 is 0 Å². The molecule has 48 valence electrons.